The van der Waals surface area contributed by atoms with E-state index in [4.69, 9.17) is 4.52 Å². The molecule has 146 valence electrons. The second-order valence-corrected chi connectivity index (χ2v) is 6.57. The quantitative estimate of drug-likeness (QED) is 0.623. The molecule has 3 rings (SSSR count). The van der Waals surface area contributed by atoms with Gasteiger partial charge in [0.05, 0.1) is 0 Å². The molecule has 0 saturated carbocycles. The highest BCUT2D eigenvalue weighted by atomic mass is 16.5. The van der Waals surface area contributed by atoms with E-state index in [1.165, 1.54) is 0 Å². The zero-order valence-electron chi connectivity index (χ0n) is 16.5. The molecule has 2 heterocycles. The summed E-state index contributed by atoms with van der Waals surface area (Å²) in [6.07, 6.45) is 1.79. The molecule has 1 amide bonds. The number of anilines is 2. The minimum absolute atomic E-state index is 0.0948. The Morgan fingerprint density at radius 1 is 1.04 bits per heavy atom. The summed E-state index contributed by atoms with van der Waals surface area (Å²) in [5.74, 6) is 2.11. The van der Waals surface area contributed by atoms with Crippen LogP contribution in [-0.4, -0.2) is 39.0 Å². The van der Waals surface area contributed by atoms with Crippen LogP contribution in [0, 0.1) is 6.92 Å². The fourth-order valence-corrected chi connectivity index (χ4v) is 2.91. The maximum absolute atomic E-state index is 13.1. The van der Waals surface area contributed by atoms with Crippen LogP contribution in [0.1, 0.15) is 42.9 Å². The molecule has 0 aliphatic carbocycles. The second kappa shape index (κ2) is 9.12. The largest absolute Gasteiger partial charge is 0.360 e. The summed E-state index contributed by atoms with van der Waals surface area (Å²) in [5, 5.41) is 7.05. The van der Waals surface area contributed by atoms with Crippen molar-refractivity contribution in [2.45, 2.75) is 33.6 Å². The number of amides is 1. The summed E-state index contributed by atoms with van der Waals surface area (Å²) in [6, 6.07) is 13.0. The molecule has 1 aromatic carbocycles. The Kier molecular flexibility index (Phi) is 6.37. The molecule has 0 atom stereocenters. The standard InChI is InChI=1S/C21H25N5O2/c1-4-11-26(12-5-2)21(27)17-14-18(23-19-13-15(3)28-25-19)24-20(22-17)16-9-7-6-8-10-16/h6-10,13-14H,4-5,11-12H2,1-3H3,(H,22,23,24,25). The van der Waals surface area contributed by atoms with Crippen molar-refractivity contribution in [1.29, 1.82) is 0 Å². The maximum atomic E-state index is 13.1. The number of hydrogen-bond acceptors (Lipinski definition) is 6. The zero-order chi connectivity index (χ0) is 19.9. The Morgan fingerprint density at radius 2 is 1.75 bits per heavy atom. The van der Waals surface area contributed by atoms with Gasteiger partial charge in [0.15, 0.2) is 11.6 Å². The molecule has 3 aromatic rings. The summed E-state index contributed by atoms with van der Waals surface area (Å²) in [6.45, 7) is 7.33. The third-order valence-electron chi connectivity index (χ3n) is 4.14. The molecule has 0 radical (unpaired) electrons. The van der Waals surface area contributed by atoms with Gasteiger partial charge < -0.3 is 14.7 Å². The molecule has 7 nitrogen and oxygen atoms in total. The van der Waals surface area contributed by atoms with Crippen molar-refractivity contribution in [2.24, 2.45) is 0 Å². The molecule has 1 N–H and O–H groups in total. The Labute approximate surface area is 164 Å². The van der Waals surface area contributed by atoms with Gasteiger partial charge in [-0.1, -0.05) is 49.3 Å². The second-order valence-electron chi connectivity index (χ2n) is 6.57. The molecule has 0 fully saturated rings. The van der Waals surface area contributed by atoms with Gasteiger partial charge in [-0.3, -0.25) is 4.79 Å². The zero-order valence-corrected chi connectivity index (χ0v) is 16.5. The Morgan fingerprint density at radius 3 is 2.36 bits per heavy atom. The van der Waals surface area contributed by atoms with Crippen LogP contribution in [0.3, 0.4) is 0 Å². The van der Waals surface area contributed by atoms with Crippen LogP contribution in [0.2, 0.25) is 0 Å². The highest BCUT2D eigenvalue weighted by Crippen LogP contribution is 2.21. The molecule has 0 aliphatic heterocycles. The Hall–Kier alpha value is -3.22. The summed E-state index contributed by atoms with van der Waals surface area (Å²) < 4.78 is 5.10. The van der Waals surface area contributed by atoms with Crippen molar-refractivity contribution in [1.82, 2.24) is 20.0 Å². The van der Waals surface area contributed by atoms with Gasteiger partial charge in [-0.15, -0.1) is 0 Å². The van der Waals surface area contributed by atoms with Crippen LogP contribution in [0.5, 0.6) is 0 Å². The van der Waals surface area contributed by atoms with Crippen LogP contribution in [0.25, 0.3) is 11.4 Å². The number of benzene rings is 1. The van der Waals surface area contributed by atoms with Crippen molar-refractivity contribution in [3.8, 4) is 11.4 Å². The number of carbonyl (C=O) groups excluding carboxylic acids is 1. The summed E-state index contributed by atoms with van der Waals surface area (Å²) in [5.41, 5.74) is 1.20. The van der Waals surface area contributed by atoms with E-state index in [1.807, 2.05) is 42.2 Å². The number of hydrogen-bond donors (Lipinski definition) is 1. The summed E-state index contributed by atoms with van der Waals surface area (Å²) in [4.78, 5) is 24.0. The average Bonchev–Trinajstić information content (AvgIpc) is 3.12. The topological polar surface area (TPSA) is 84.2 Å². The number of aryl methyl sites for hydroxylation is 1. The molecule has 0 aliphatic rings. The molecule has 0 bridgehead atoms. The van der Waals surface area contributed by atoms with Crippen molar-refractivity contribution in [3.05, 3.63) is 53.9 Å². The fraction of sp³-hybridized carbons (Fsp3) is 0.333. The first kappa shape index (κ1) is 19.5. The first-order valence-electron chi connectivity index (χ1n) is 9.54. The molecule has 0 saturated heterocycles. The number of carbonyl (C=O) groups is 1. The van der Waals surface area contributed by atoms with Crippen molar-refractivity contribution >= 4 is 17.5 Å². The van der Waals surface area contributed by atoms with Gasteiger partial charge >= 0.3 is 0 Å². The van der Waals surface area contributed by atoms with E-state index in [0.29, 0.717) is 42.0 Å². The van der Waals surface area contributed by atoms with E-state index < -0.39 is 0 Å². The minimum atomic E-state index is -0.0948. The Bertz CT molecular complexity index is 918. The lowest BCUT2D eigenvalue weighted by atomic mass is 10.2. The van der Waals surface area contributed by atoms with E-state index in [-0.39, 0.29) is 5.91 Å². The molecule has 7 heteroatoms. The minimum Gasteiger partial charge on any atom is -0.360 e. The highest BCUT2D eigenvalue weighted by Gasteiger charge is 2.19. The number of aromatic nitrogens is 3. The van der Waals surface area contributed by atoms with Gasteiger partial charge in [0.1, 0.15) is 17.3 Å². The van der Waals surface area contributed by atoms with E-state index in [9.17, 15) is 4.79 Å². The lowest BCUT2D eigenvalue weighted by Crippen LogP contribution is -2.33. The normalized spacial score (nSPS) is 10.7. The van der Waals surface area contributed by atoms with Crippen LogP contribution >= 0.6 is 0 Å². The van der Waals surface area contributed by atoms with Gasteiger partial charge in [0, 0.05) is 30.8 Å². The van der Waals surface area contributed by atoms with Crippen LogP contribution in [-0.2, 0) is 0 Å². The van der Waals surface area contributed by atoms with Crippen LogP contribution < -0.4 is 5.32 Å². The lowest BCUT2D eigenvalue weighted by Gasteiger charge is -2.21. The average molecular weight is 379 g/mol. The monoisotopic (exact) mass is 379 g/mol. The fourth-order valence-electron chi connectivity index (χ4n) is 2.91. The molecule has 2 aromatic heterocycles. The summed E-state index contributed by atoms with van der Waals surface area (Å²) >= 11 is 0. The van der Waals surface area contributed by atoms with E-state index in [1.54, 1.807) is 12.1 Å². The molecule has 28 heavy (non-hydrogen) atoms. The van der Waals surface area contributed by atoms with E-state index in [2.05, 4.69) is 34.3 Å². The Balaban J connectivity index is 2.00. The van der Waals surface area contributed by atoms with Gasteiger partial charge in [-0.2, -0.15) is 0 Å². The van der Waals surface area contributed by atoms with Gasteiger partial charge in [-0.25, -0.2) is 9.97 Å². The van der Waals surface area contributed by atoms with Crippen molar-refractivity contribution < 1.29 is 9.32 Å². The van der Waals surface area contributed by atoms with E-state index >= 15 is 0 Å². The van der Waals surface area contributed by atoms with Gasteiger partial charge in [-0.05, 0) is 19.8 Å². The molecule has 0 spiro atoms. The molecular weight excluding hydrogens is 354 g/mol. The first-order chi connectivity index (χ1) is 13.6. The smallest absolute Gasteiger partial charge is 0.272 e. The maximum Gasteiger partial charge on any atom is 0.272 e. The number of nitrogens with one attached hydrogen (secondary N) is 1. The van der Waals surface area contributed by atoms with Crippen LogP contribution in [0.15, 0.2) is 47.0 Å². The molecule has 0 unspecified atom stereocenters. The summed E-state index contributed by atoms with van der Waals surface area (Å²) in [7, 11) is 0. The third kappa shape index (κ3) is 4.73. The van der Waals surface area contributed by atoms with E-state index in [0.717, 1.165) is 18.4 Å². The lowest BCUT2D eigenvalue weighted by molar-refractivity contribution is 0.0749. The number of rotatable bonds is 8. The predicted octanol–water partition coefficient (Wildman–Crippen LogP) is 4.45. The first-order valence-corrected chi connectivity index (χ1v) is 9.54. The SMILES string of the molecule is CCCN(CCC)C(=O)c1cc(Nc2cc(C)on2)nc(-c2ccccc2)n1. The van der Waals surface area contributed by atoms with Gasteiger partial charge in [0.2, 0.25) is 0 Å². The predicted molar refractivity (Wildman–Crippen MR) is 108 cm³/mol. The van der Waals surface area contributed by atoms with Crippen LogP contribution in [0.4, 0.5) is 11.6 Å². The molecular formula is C21H25N5O2. The third-order valence-corrected chi connectivity index (χ3v) is 4.14. The van der Waals surface area contributed by atoms with Crippen molar-refractivity contribution in [3.63, 3.8) is 0 Å². The van der Waals surface area contributed by atoms with Crippen molar-refractivity contribution in [2.75, 3.05) is 18.4 Å². The number of nitrogens with zero attached hydrogens (tertiary/aromatic N) is 4. The van der Waals surface area contributed by atoms with Gasteiger partial charge in [0.25, 0.3) is 5.91 Å². The highest BCUT2D eigenvalue weighted by molar-refractivity contribution is 5.93.